The summed E-state index contributed by atoms with van der Waals surface area (Å²) in [7, 11) is 1.80. The van der Waals surface area contributed by atoms with Crippen LogP contribution in [0.4, 0.5) is 0 Å². The second-order valence-electron chi connectivity index (χ2n) is 5.09. The highest BCUT2D eigenvalue weighted by atomic mass is 16.3. The fourth-order valence-electron chi connectivity index (χ4n) is 2.53. The third-order valence-electron chi connectivity index (χ3n) is 3.55. The molecule has 1 aliphatic rings. The first-order valence-electron chi connectivity index (χ1n) is 6.57. The predicted molar refractivity (Wildman–Crippen MR) is 68.3 cm³/mol. The summed E-state index contributed by atoms with van der Waals surface area (Å²) in [6.45, 7) is 1.82. The summed E-state index contributed by atoms with van der Waals surface area (Å²) < 4.78 is 1.63. The van der Waals surface area contributed by atoms with Gasteiger partial charge in [0.05, 0.1) is 23.4 Å². The van der Waals surface area contributed by atoms with Crippen LogP contribution in [0.5, 0.6) is 0 Å². The van der Waals surface area contributed by atoms with Gasteiger partial charge in [-0.25, -0.2) is 0 Å². The van der Waals surface area contributed by atoms with Crippen LogP contribution in [0.3, 0.4) is 0 Å². The molecule has 100 valence electrons. The number of carbonyl (C=O) groups excluding carboxylic acids is 1. The van der Waals surface area contributed by atoms with E-state index in [0.29, 0.717) is 5.56 Å². The fourth-order valence-corrected chi connectivity index (χ4v) is 2.53. The smallest absolute Gasteiger partial charge is 0.255 e. The van der Waals surface area contributed by atoms with Gasteiger partial charge in [0.25, 0.3) is 5.91 Å². The Morgan fingerprint density at radius 2 is 2.17 bits per heavy atom. The minimum Gasteiger partial charge on any atom is -0.391 e. The lowest BCUT2D eigenvalue weighted by Crippen LogP contribution is -2.42. The number of aliphatic hydroxyl groups excluding tert-OH is 1. The molecule has 1 aromatic heterocycles. The first kappa shape index (κ1) is 13.1. The molecule has 1 aliphatic carbocycles. The maximum absolute atomic E-state index is 12.1. The summed E-state index contributed by atoms with van der Waals surface area (Å²) in [6, 6.07) is -0.125. The Bertz CT molecular complexity index is 428. The Morgan fingerprint density at radius 3 is 2.83 bits per heavy atom. The minimum absolute atomic E-state index is 0.125. The minimum atomic E-state index is -0.423. The van der Waals surface area contributed by atoms with Crippen LogP contribution in [0.1, 0.15) is 48.2 Å². The van der Waals surface area contributed by atoms with Gasteiger partial charge in [-0.2, -0.15) is 5.10 Å². The van der Waals surface area contributed by atoms with E-state index in [-0.39, 0.29) is 11.9 Å². The predicted octanol–water partition coefficient (Wildman–Crippen LogP) is 1.15. The summed E-state index contributed by atoms with van der Waals surface area (Å²) in [5, 5.41) is 17.1. The fraction of sp³-hybridized carbons (Fsp3) is 0.692. The van der Waals surface area contributed by atoms with Gasteiger partial charge in [-0.1, -0.05) is 19.3 Å². The number of carbonyl (C=O) groups is 1. The number of aryl methyl sites for hydroxylation is 2. The van der Waals surface area contributed by atoms with E-state index in [2.05, 4.69) is 10.4 Å². The van der Waals surface area contributed by atoms with Crippen molar-refractivity contribution in [1.82, 2.24) is 15.1 Å². The Kier molecular flexibility index (Phi) is 4.01. The molecule has 0 spiro atoms. The number of aromatic nitrogens is 2. The van der Waals surface area contributed by atoms with Gasteiger partial charge >= 0.3 is 0 Å². The molecule has 2 rings (SSSR count). The molecule has 0 saturated heterocycles. The molecule has 2 N–H and O–H groups in total. The van der Waals surface area contributed by atoms with E-state index in [0.717, 1.165) is 37.8 Å². The summed E-state index contributed by atoms with van der Waals surface area (Å²) in [6.07, 6.45) is 6.16. The maximum atomic E-state index is 12.1. The second kappa shape index (κ2) is 5.52. The van der Waals surface area contributed by atoms with Crippen molar-refractivity contribution in [3.8, 4) is 0 Å². The van der Waals surface area contributed by atoms with Gasteiger partial charge in [0.15, 0.2) is 0 Å². The lowest BCUT2D eigenvalue weighted by Gasteiger charge is -2.21. The quantitative estimate of drug-likeness (QED) is 0.775. The van der Waals surface area contributed by atoms with Gasteiger partial charge in [-0.3, -0.25) is 9.48 Å². The van der Waals surface area contributed by atoms with Gasteiger partial charge in [0.2, 0.25) is 0 Å². The number of aliphatic hydroxyl groups is 1. The molecule has 2 atom stereocenters. The number of nitrogens with zero attached hydrogens (tertiary/aromatic N) is 2. The summed E-state index contributed by atoms with van der Waals surface area (Å²) in [5.41, 5.74) is 1.31. The number of hydrogen-bond donors (Lipinski definition) is 2. The van der Waals surface area contributed by atoms with Crippen molar-refractivity contribution >= 4 is 5.91 Å². The molecule has 5 nitrogen and oxygen atoms in total. The highest BCUT2D eigenvalue weighted by Crippen LogP contribution is 2.18. The lowest BCUT2D eigenvalue weighted by molar-refractivity contribution is 0.0818. The van der Waals surface area contributed by atoms with E-state index in [1.165, 1.54) is 0 Å². The van der Waals surface area contributed by atoms with E-state index < -0.39 is 6.10 Å². The standard InChI is InChI=1S/C13H21N3O2/c1-9-10(8-16(2)15-9)13(18)14-11-6-4-3-5-7-12(11)17/h8,11-12,17H,3-7H2,1-2H3,(H,14,18). The van der Waals surface area contributed by atoms with Crippen molar-refractivity contribution in [1.29, 1.82) is 0 Å². The molecule has 2 unspecified atom stereocenters. The molecular formula is C13H21N3O2. The molecule has 1 fully saturated rings. The number of nitrogens with one attached hydrogen (secondary N) is 1. The van der Waals surface area contributed by atoms with Crippen molar-refractivity contribution in [2.75, 3.05) is 0 Å². The van der Waals surface area contributed by atoms with Crippen molar-refractivity contribution in [3.05, 3.63) is 17.5 Å². The van der Waals surface area contributed by atoms with Crippen LogP contribution in [0, 0.1) is 6.92 Å². The molecule has 18 heavy (non-hydrogen) atoms. The zero-order valence-electron chi connectivity index (χ0n) is 11.0. The van der Waals surface area contributed by atoms with E-state index >= 15 is 0 Å². The van der Waals surface area contributed by atoms with Gasteiger partial charge in [-0.05, 0) is 19.8 Å². The third-order valence-corrected chi connectivity index (χ3v) is 3.55. The highest BCUT2D eigenvalue weighted by Gasteiger charge is 2.24. The average Bonchev–Trinajstić information content (AvgIpc) is 2.52. The van der Waals surface area contributed by atoms with Crippen LogP contribution in [0.25, 0.3) is 0 Å². The molecule has 1 amide bonds. The largest absolute Gasteiger partial charge is 0.391 e. The molecular weight excluding hydrogens is 230 g/mol. The first-order valence-corrected chi connectivity index (χ1v) is 6.57. The van der Waals surface area contributed by atoms with Gasteiger partial charge in [0, 0.05) is 13.2 Å². The van der Waals surface area contributed by atoms with Gasteiger partial charge < -0.3 is 10.4 Å². The van der Waals surface area contributed by atoms with Crippen LogP contribution in [-0.2, 0) is 7.05 Å². The average molecular weight is 251 g/mol. The molecule has 0 radical (unpaired) electrons. The van der Waals surface area contributed by atoms with Crippen LogP contribution in [0.2, 0.25) is 0 Å². The van der Waals surface area contributed by atoms with Gasteiger partial charge in [0.1, 0.15) is 0 Å². The van der Waals surface area contributed by atoms with Crippen molar-refractivity contribution in [3.63, 3.8) is 0 Å². The first-order chi connectivity index (χ1) is 8.58. The van der Waals surface area contributed by atoms with Crippen molar-refractivity contribution in [2.45, 2.75) is 51.2 Å². The Labute approximate surface area is 107 Å². The molecule has 1 heterocycles. The van der Waals surface area contributed by atoms with Crippen LogP contribution in [0.15, 0.2) is 6.20 Å². The topological polar surface area (TPSA) is 67.2 Å². The molecule has 1 aromatic rings. The molecule has 5 heteroatoms. The van der Waals surface area contributed by atoms with Gasteiger partial charge in [-0.15, -0.1) is 0 Å². The van der Waals surface area contributed by atoms with Crippen LogP contribution in [-0.4, -0.2) is 32.9 Å². The third kappa shape index (κ3) is 2.90. The normalized spacial score (nSPS) is 24.6. The highest BCUT2D eigenvalue weighted by molar-refractivity contribution is 5.95. The molecule has 1 saturated carbocycles. The SMILES string of the molecule is Cc1nn(C)cc1C(=O)NC1CCCCCC1O. The summed E-state index contributed by atoms with van der Waals surface area (Å²) in [5.74, 6) is -0.133. The summed E-state index contributed by atoms with van der Waals surface area (Å²) >= 11 is 0. The summed E-state index contributed by atoms with van der Waals surface area (Å²) in [4.78, 5) is 12.1. The molecule has 0 bridgehead atoms. The number of hydrogen-bond acceptors (Lipinski definition) is 3. The van der Waals surface area contributed by atoms with E-state index in [1.54, 1.807) is 17.9 Å². The monoisotopic (exact) mass is 251 g/mol. The Balaban J connectivity index is 2.04. The van der Waals surface area contributed by atoms with E-state index in [4.69, 9.17) is 0 Å². The molecule has 0 aliphatic heterocycles. The van der Waals surface area contributed by atoms with E-state index in [1.807, 2.05) is 6.92 Å². The zero-order chi connectivity index (χ0) is 13.1. The maximum Gasteiger partial charge on any atom is 0.255 e. The van der Waals surface area contributed by atoms with Crippen molar-refractivity contribution < 1.29 is 9.90 Å². The lowest BCUT2D eigenvalue weighted by atomic mass is 10.1. The number of rotatable bonds is 2. The second-order valence-corrected chi connectivity index (χ2v) is 5.09. The molecule has 0 aromatic carbocycles. The zero-order valence-corrected chi connectivity index (χ0v) is 11.0. The van der Waals surface area contributed by atoms with E-state index in [9.17, 15) is 9.90 Å². The van der Waals surface area contributed by atoms with Crippen LogP contribution >= 0.6 is 0 Å². The number of amides is 1. The Hall–Kier alpha value is -1.36. The Morgan fingerprint density at radius 1 is 1.44 bits per heavy atom. The van der Waals surface area contributed by atoms with Crippen molar-refractivity contribution in [2.24, 2.45) is 7.05 Å². The van der Waals surface area contributed by atoms with Crippen LogP contribution < -0.4 is 5.32 Å².